The fourth-order valence-electron chi connectivity index (χ4n) is 5.95. The van der Waals surface area contributed by atoms with Crippen LogP contribution in [0.25, 0.3) is 0 Å². The third-order valence-electron chi connectivity index (χ3n) is 7.56. The van der Waals surface area contributed by atoms with Gasteiger partial charge in [-0.25, -0.2) is 4.79 Å². The molecule has 2 heterocycles. The maximum atomic E-state index is 13.5. The summed E-state index contributed by atoms with van der Waals surface area (Å²) in [5, 5.41) is 3.37. The van der Waals surface area contributed by atoms with E-state index >= 15 is 0 Å². The van der Waals surface area contributed by atoms with Crippen LogP contribution in [0.3, 0.4) is 0 Å². The highest BCUT2D eigenvalue weighted by Crippen LogP contribution is 2.59. The molecule has 5 rings (SSSR count). The van der Waals surface area contributed by atoms with Gasteiger partial charge in [0.05, 0.1) is 25.2 Å². The van der Waals surface area contributed by atoms with Gasteiger partial charge in [-0.1, -0.05) is 24.3 Å². The van der Waals surface area contributed by atoms with Gasteiger partial charge in [-0.3, -0.25) is 4.79 Å². The fraction of sp³-hybridized carbons (Fsp3) is 0.385. The van der Waals surface area contributed by atoms with Crippen LogP contribution in [-0.2, 0) is 21.4 Å². The van der Waals surface area contributed by atoms with Gasteiger partial charge in [-0.05, 0) is 56.3 Å². The minimum atomic E-state index is -0.883. The number of methoxy groups -OCH3 is 2. The summed E-state index contributed by atoms with van der Waals surface area (Å²) in [5.41, 5.74) is 1.41. The van der Waals surface area contributed by atoms with E-state index in [1.165, 1.54) is 18.7 Å². The van der Waals surface area contributed by atoms with Crippen molar-refractivity contribution in [3.63, 3.8) is 0 Å². The molecule has 0 radical (unpaired) electrons. The smallest absolute Gasteiger partial charge is 0.330 e. The second kappa shape index (κ2) is 7.92. The summed E-state index contributed by atoms with van der Waals surface area (Å²) < 4.78 is 16.8. The maximum absolute atomic E-state index is 13.5. The van der Waals surface area contributed by atoms with Gasteiger partial charge in [-0.15, -0.1) is 0 Å². The Balaban J connectivity index is 1.72. The lowest BCUT2D eigenvalue weighted by molar-refractivity contribution is -0.134. The third kappa shape index (κ3) is 3.06. The molecule has 2 aromatic rings. The molecule has 2 aromatic carbocycles. The lowest BCUT2D eigenvalue weighted by atomic mass is 9.53. The van der Waals surface area contributed by atoms with E-state index in [9.17, 15) is 9.59 Å². The van der Waals surface area contributed by atoms with Crippen molar-refractivity contribution in [2.75, 3.05) is 34.4 Å². The second-order valence-corrected chi connectivity index (χ2v) is 9.00. The Kier molecular flexibility index (Phi) is 5.16. The Bertz CT molecular complexity index is 1130. The highest BCUT2D eigenvalue weighted by molar-refractivity contribution is 5.95. The van der Waals surface area contributed by atoms with Gasteiger partial charge in [0.1, 0.15) is 6.61 Å². The standard InChI is InChI=1S/C26H28N2O5/c1-28-14-13-25-16-33-23-19(31-2)10-9-18(22(23)25)15-20(28)26(25,12-11-21(29)32-3)27-24(30)17-7-5-4-6-8-17/h4-12,20H,13-16H2,1-3H3,(H,27,30)/b12-11-/t20-,25-,26-/m1/s1. The van der Waals surface area contributed by atoms with Gasteiger partial charge in [0, 0.05) is 23.2 Å². The normalized spacial score (nSPS) is 27.5. The monoisotopic (exact) mass is 448 g/mol. The Morgan fingerprint density at radius 3 is 2.70 bits per heavy atom. The zero-order chi connectivity index (χ0) is 23.2. The molecular formula is C26H28N2O5. The molecule has 2 aliphatic heterocycles. The molecule has 3 atom stereocenters. The van der Waals surface area contributed by atoms with Crippen molar-refractivity contribution in [1.82, 2.24) is 10.2 Å². The van der Waals surface area contributed by atoms with Gasteiger partial charge in [0.25, 0.3) is 5.91 Å². The van der Waals surface area contributed by atoms with Crippen molar-refractivity contribution < 1.29 is 23.8 Å². The molecule has 3 aliphatic rings. The van der Waals surface area contributed by atoms with Crippen molar-refractivity contribution in [3.05, 3.63) is 71.3 Å². The van der Waals surface area contributed by atoms with Crippen molar-refractivity contribution in [1.29, 1.82) is 0 Å². The van der Waals surface area contributed by atoms with Crippen LogP contribution in [-0.4, -0.2) is 62.8 Å². The quantitative estimate of drug-likeness (QED) is 0.560. The van der Waals surface area contributed by atoms with Crippen LogP contribution in [0, 0.1) is 0 Å². The van der Waals surface area contributed by atoms with Crippen LogP contribution >= 0.6 is 0 Å². The first-order chi connectivity index (χ1) is 16.0. The van der Waals surface area contributed by atoms with E-state index in [1.807, 2.05) is 30.3 Å². The number of hydrogen-bond acceptors (Lipinski definition) is 6. The summed E-state index contributed by atoms with van der Waals surface area (Å²) in [6, 6.07) is 13.1. The fourth-order valence-corrected chi connectivity index (χ4v) is 5.95. The lowest BCUT2D eigenvalue weighted by Gasteiger charge is -2.60. The molecule has 1 spiro atoms. The highest BCUT2D eigenvalue weighted by atomic mass is 16.5. The first kappa shape index (κ1) is 21.5. The minimum Gasteiger partial charge on any atom is -0.493 e. The van der Waals surface area contributed by atoms with Crippen LogP contribution in [0.2, 0.25) is 0 Å². The summed E-state index contributed by atoms with van der Waals surface area (Å²) in [4.78, 5) is 28.0. The third-order valence-corrected chi connectivity index (χ3v) is 7.56. The maximum Gasteiger partial charge on any atom is 0.330 e. The molecule has 2 bridgehead atoms. The topological polar surface area (TPSA) is 77.1 Å². The summed E-state index contributed by atoms with van der Waals surface area (Å²) in [7, 11) is 5.05. The molecule has 1 N–H and O–H groups in total. The summed E-state index contributed by atoms with van der Waals surface area (Å²) in [5.74, 6) is 0.770. The molecule has 172 valence electrons. The number of benzene rings is 2. The molecule has 1 fully saturated rings. The van der Waals surface area contributed by atoms with E-state index in [-0.39, 0.29) is 11.9 Å². The molecule has 0 aromatic heterocycles. The van der Waals surface area contributed by atoms with Crippen molar-refractivity contribution >= 4 is 11.9 Å². The average molecular weight is 449 g/mol. The summed E-state index contributed by atoms with van der Waals surface area (Å²) in [6.45, 7) is 1.24. The van der Waals surface area contributed by atoms with Gasteiger partial charge >= 0.3 is 5.97 Å². The van der Waals surface area contributed by atoms with Crippen LogP contribution in [0.15, 0.2) is 54.6 Å². The largest absolute Gasteiger partial charge is 0.493 e. The number of piperidine rings is 1. The van der Waals surface area contributed by atoms with Crippen molar-refractivity contribution in [2.45, 2.75) is 29.8 Å². The molecular weight excluding hydrogens is 420 g/mol. The molecule has 1 aliphatic carbocycles. The number of carbonyl (C=O) groups is 2. The van der Waals surface area contributed by atoms with Crippen LogP contribution in [0.4, 0.5) is 0 Å². The van der Waals surface area contributed by atoms with Gasteiger partial charge in [0.15, 0.2) is 11.5 Å². The lowest BCUT2D eigenvalue weighted by Crippen LogP contribution is -2.76. The number of nitrogens with one attached hydrogen (secondary N) is 1. The van der Waals surface area contributed by atoms with Crippen LogP contribution in [0.1, 0.15) is 27.9 Å². The Hall–Kier alpha value is -3.32. The summed E-state index contributed by atoms with van der Waals surface area (Å²) in [6.07, 6.45) is 4.73. The Morgan fingerprint density at radius 2 is 1.97 bits per heavy atom. The zero-order valence-corrected chi connectivity index (χ0v) is 19.1. The highest BCUT2D eigenvalue weighted by Gasteiger charge is 2.66. The zero-order valence-electron chi connectivity index (χ0n) is 19.1. The number of fused-ring (bicyclic) bond motifs is 1. The van der Waals surface area contributed by atoms with E-state index < -0.39 is 16.9 Å². The molecule has 33 heavy (non-hydrogen) atoms. The number of amides is 1. The number of likely N-dealkylation sites (tertiary alicyclic amines) is 1. The number of hydrogen-bond donors (Lipinski definition) is 1. The number of carbonyl (C=O) groups excluding carboxylic acids is 2. The van der Waals surface area contributed by atoms with Gasteiger partial charge in [0.2, 0.25) is 0 Å². The Morgan fingerprint density at radius 1 is 1.18 bits per heavy atom. The molecule has 1 saturated heterocycles. The summed E-state index contributed by atoms with van der Waals surface area (Å²) >= 11 is 0. The van der Waals surface area contributed by atoms with Crippen molar-refractivity contribution in [2.24, 2.45) is 0 Å². The molecule has 1 amide bonds. The van der Waals surface area contributed by atoms with E-state index in [1.54, 1.807) is 19.2 Å². The van der Waals surface area contributed by atoms with Crippen LogP contribution in [0.5, 0.6) is 11.5 Å². The Labute approximate surface area is 193 Å². The number of likely N-dealkylation sites (N-methyl/N-ethyl adjacent to an activating group) is 1. The first-order valence-corrected chi connectivity index (χ1v) is 11.1. The number of rotatable bonds is 5. The number of nitrogens with zero attached hydrogens (tertiary/aromatic N) is 1. The second-order valence-electron chi connectivity index (χ2n) is 9.00. The number of ether oxygens (including phenoxy) is 3. The first-order valence-electron chi connectivity index (χ1n) is 11.1. The molecule has 7 nitrogen and oxygen atoms in total. The van der Waals surface area contributed by atoms with E-state index in [4.69, 9.17) is 14.2 Å². The van der Waals surface area contributed by atoms with Gasteiger partial charge < -0.3 is 24.4 Å². The van der Waals surface area contributed by atoms with Crippen molar-refractivity contribution in [3.8, 4) is 11.5 Å². The van der Waals surface area contributed by atoms with Gasteiger partial charge in [-0.2, -0.15) is 0 Å². The predicted octanol–water partition coefficient (Wildman–Crippen LogP) is 2.48. The molecule has 0 saturated carbocycles. The minimum absolute atomic E-state index is 0.0738. The van der Waals surface area contributed by atoms with E-state index in [0.717, 1.165) is 24.3 Å². The SMILES string of the molecule is COC(=O)/C=C\[C@@]1(NC(=O)c2ccccc2)[C@H]2Cc3ccc(OC)c4c3[C@@]1(CCN2C)CO4. The number of esters is 1. The van der Waals surface area contributed by atoms with E-state index in [2.05, 4.69) is 23.3 Å². The molecule has 0 unspecified atom stereocenters. The van der Waals surface area contributed by atoms with E-state index in [0.29, 0.717) is 24.3 Å². The van der Waals surface area contributed by atoms with Crippen LogP contribution < -0.4 is 14.8 Å². The predicted molar refractivity (Wildman–Crippen MR) is 123 cm³/mol. The molecule has 7 heteroatoms. The average Bonchev–Trinajstić information content (AvgIpc) is 3.24.